The second kappa shape index (κ2) is 4.28. The Morgan fingerprint density at radius 3 is 2.79 bits per heavy atom. The Kier molecular flexibility index (Phi) is 2.59. The van der Waals surface area contributed by atoms with E-state index in [0.29, 0.717) is 29.8 Å². The normalized spacial score (nSPS) is 11.0. The van der Waals surface area contributed by atoms with Gasteiger partial charge in [0.25, 0.3) is 0 Å². The van der Waals surface area contributed by atoms with Crippen molar-refractivity contribution in [2.24, 2.45) is 7.05 Å². The molecular formula is C14H11NO4. The summed E-state index contributed by atoms with van der Waals surface area (Å²) in [7, 11) is 1.66. The van der Waals surface area contributed by atoms with Gasteiger partial charge in [0.1, 0.15) is 5.76 Å². The summed E-state index contributed by atoms with van der Waals surface area (Å²) >= 11 is 0. The molecule has 0 aliphatic heterocycles. The van der Waals surface area contributed by atoms with Crippen LogP contribution < -0.4 is 5.76 Å². The van der Waals surface area contributed by atoms with E-state index in [0.717, 1.165) is 11.1 Å². The van der Waals surface area contributed by atoms with Gasteiger partial charge in [0, 0.05) is 13.5 Å². The van der Waals surface area contributed by atoms with Gasteiger partial charge in [-0.3, -0.25) is 9.36 Å². The standard InChI is InChI=1S/C14H11NO4/c1-15-12-5-2-9(7-13(12)19-14(15)17)6-10-3-4-11(8-16)18-10/h2-5,7-8H,6H2,1H3. The van der Waals surface area contributed by atoms with E-state index < -0.39 is 0 Å². The summed E-state index contributed by atoms with van der Waals surface area (Å²) in [6.45, 7) is 0. The van der Waals surface area contributed by atoms with Crippen LogP contribution in [0.5, 0.6) is 0 Å². The number of hydrogen-bond donors (Lipinski definition) is 0. The largest absolute Gasteiger partial charge is 0.458 e. The number of oxazole rings is 1. The predicted octanol–water partition coefficient (Wildman–Crippen LogP) is 2.13. The van der Waals surface area contributed by atoms with Crippen LogP contribution in [0.2, 0.25) is 0 Å². The number of aldehydes is 1. The highest BCUT2D eigenvalue weighted by Crippen LogP contribution is 2.18. The zero-order valence-electron chi connectivity index (χ0n) is 10.3. The molecule has 5 nitrogen and oxygen atoms in total. The van der Waals surface area contributed by atoms with Crippen LogP contribution in [0.25, 0.3) is 11.1 Å². The molecule has 0 saturated carbocycles. The maximum Gasteiger partial charge on any atom is 0.419 e. The van der Waals surface area contributed by atoms with Gasteiger partial charge in [0.05, 0.1) is 5.52 Å². The highest BCUT2D eigenvalue weighted by molar-refractivity contribution is 5.74. The second-order valence-electron chi connectivity index (χ2n) is 4.33. The van der Waals surface area contributed by atoms with Gasteiger partial charge >= 0.3 is 5.76 Å². The first-order chi connectivity index (χ1) is 9.17. The van der Waals surface area contributed by atoms with E-state index in [2.05, 4.69) is 0 Å². The summed E-state index contributed by atoms with van der Waals surface area (Å²) in [6, 6.07) is 8.93. The first-order valence-electron chi connectivity index (χ1n) is 5.80. The first kappa shape index (κ1) is 11.5. The molecule has 0 aliphatic carbocycles. The molecule has 0 unspecified atom stereocenters. The fourth-order valence-corrected chi connectivity index (χ4v) is 2.04. The van der Waals surface area contributed by atoms with E-state index in [1.807, 2.05) is 12.1 Å². The summed E-state index contributed by atoms with van der Waals surface area (Å²) in [5.41, 5.74) is 2.25. The average molecular weight is 257 g/mol. The van der Waals surface area contributed by atoms with E-state index in [1.54, 1.807) is 25.2 Å². The molecule has 2 heterocycles. The molecule has 96 valence electrons. The van der Waals surface area contributed by atoms with Crippen molar-refractivity contribution in [3.63, 3.8) is 0 Å². The lowest BCUT2D eigenvalue weighted by atomic mass is 10.1. The van der Waals surface area contributed by atoms with Crippen LogP contribution >= 0.6 is 0 Å². The predicted molar refractivity (Wildman–Crippen MR) is 68.4 cm³/mol. The summed E-state index contributed by atoms with van der Waals surface area (Å²) < 4.78 is 11.9. The molecule has 0 radical (unpaired) electrons. The Balaban J connectivity index is 1.97. The van der Waals surface area contributed by atoms with Crippen LogP contribution in [0, 0.1) is 0 Å². The van der Waals surface area contributed by atoms with Crippen molar-refractivity contribution >= 4 is 17.4 Å². The van der Waals surface area contributed by atoms with E-state index in [-0.39, 0.29) is 5.76 Å². The Hall–Kier alpha value is -2.56. The maximum absolute atomic E-state index is 11.4. The zero-order chi connectivity index (χ0) is 13.4. The van der Waals surface area contributed by atoms with Crippen LogP contribution in [0.3, 0.4) is 0 Å². The molecule has 0 atom stereocenters. The number of nitrogens with zero attached hydrogens (tertiary/aromatic N) is 1. The third-order valence-electron chi connectivity index (χ3n) is 3.03. The fourth-order valence-electron chi connectivity index (χ4n) is 2.04. The third kappa shape index (κ3) is 1.99. The number of fused-ring (bicyclic) bond motifs is 1. The molecule has 2 aromatic heterocycles. The number of aryl methyl sites for hydroxylation is 1. The zero-order valence-corrected chi connectivity index (χ0v) is 10.3. The van der Waals surface area contributed by atoms with Crippen molar-refractivity contribution in [3.05, 3.63) is 58.0 Å². The van der Waals surface area contributed by atoms with Gasteiger partial charge in [0.2, 0.25) is 0 Å². The van der Waals surface area contributed by atoms with Gasteiger partial charge in [-0.05, 0) is 29.8 Å². The van der Waals surface area contributed by atoms with Gasteiger partial charge in [0.15, 0.2) is 17.6 Å². The number of carbonyl (C=O) groups excluding carboxylic acids is 1. The Morgan fingerprint density at radius 1 is 1.21 bits per heavy atom. The van der Waals surface area contributed by atoms with Crippen molar-refractivity contribution in [1.82, 2.24) is 4.57 Å². The summed E-state index contributed by atoms with van der Waals surface area (Å²) in [6.07, 6.45) is 1.21. The Labute approximate surface area is 108 Å². The first-order valence-corrected chi connectivity index (χ1v) is 5.80. The highest BCUT2D eigenvalue weighted by Gasteiger charge is 2.08. The Morgan fingerprint density at radius 2 is 2.05 bits per heavy atom. The van der Waals surface area contributed by atoms with Crippen LogP contribution in [-0.2, 0) is 13.5 Å². The van der Waals surface area contributed by atoms with Gasteiger partial charge in [-0.2, -0.15) is 0 Å². The van der Waals surface area contributed by atoms with E-state index in [9.17, 15) is 9.59 Å². The molecule has 0 fully saturated rings. The number of furan rings is 1. The fraction of sp³-hybridized carbons (Fsp3) is 0.143. The van der Waals surface area contributed by atoms with Crippen molar-refractivity contribution in [2.45, 2.75) is 6.42 Å². The molecule has 0 spiro atoms. The van der Waals surface area contributed by atoms with Crippen molar-refractivity contribution in [2.75, 3.05) is 0 Å². The molecule has 0 saturated heterocycles. The van der Waals surface area contributed by atoms with Gasteiger partial charge in [-0.25, -0.2) is 4.79 Å². The molecule has 0 aliphatic rings. The number of rotatable bonds is 3. The van der Waals surface area contributed by atoms with Crippen molar-refractivity contribution in [1.29, 1.82) is 0 Å². The van der Waals surface area contributed by atoms with Crippen LogP contribution in [0.4, 0.5) is 0 Å². The third-order valence-corrected chi connectivity index (χ3v) is 3.03. The molecule has 0 N–H and O–H groups in total. The SMILES string of the molecule is Cn1c(=O)oc2cc(Cc3ccc(C=O)o3)ccc21. The molecule has 0 bridgehead atoms. The number of carbonyl (C=O) groups is 1. The minimum absolute atomic E-state index is 0.308. The van der Waals surface area contributed by atoms with Crippen LogP contribution in [0.15, 0.2) is 44.0 Å². The molecule has 1 aromatic carbocycles. The maximum atomic E-state index is 11.4. The summed E-state index contributed by atoms with van der Waals surface area (Å²) in [5, 5.41) is 0. The topological polar surface area (TPSA) is 65.3 Å². The number of benzene rings is 1. The van der Waals surface area contributed by atoms with Crippen LogP contribution in [0.1, 0.15) is 21.9 Å². The van der Waals surface area contributed by atoms with Crippen molar-refractivity contribution < 1.29 is 13.6 Å². The van der Waals surface area contributed by atoms with Gasteiger partial charge in [-0.15, -0.1) is 0 Å². The number of hydrogen-bond acceptors (Lipinski definition) is 4. The van der Waals surface area contributed by atoms with E-state index in [4.69, 9.17) is 8.83 Å². The van der Waals surface area contributed by atoms with Crippen molar-refractivity contribution in [3.8, 4) is 0 Å². The molecule has 19 heavy (non-hydrogen) atoms. The monoisotopic (exact) mass is 257 g/mol. The minimum atomic E-state index is -0.381. The smallest absolute Gasteiger partial charge is 0.419 e. The van der Waals surface area contributed by atoms with E-state index in [1.165, 1.54) is 4.57 Å². The lowest BCUT2D eigenvalue weighted by molar-refractivity contribution is 0.109. The molecular weight excluding hydrogens is 246 g/mol. The lowest BCUT2D eigenvalue weighted by Crippen LogP contribution is -2.08. The highest BCUT2D eigenvalue weighted by atomic mass is 16.4. The summed E-state index contributed by atoms with van der Waals surface area (Å²) in [4.78, 5) is 21.9. The van der Waals surface area contributed by atoms with Gasteiger partial charge < -0.3 is 8.83 Å². The summed E-state index contributed by atoms with van der Waals surface area (Å²) in [5.74, 6) is 0.621. The molecule has 5 heteroatoms. The minimum Gasteiger partial charge on any atom is -0.458 e. The quantitative estimate of drug-likeness (QED) is 0.674. The molecule has 0 amide bonds. The van der Waals surface area contributed by atoms with E-state index >= 15 is 0 Å². The second-order valence-corrected chi connectivity index (χ2v) is 4.33. The average Bonchev–Trinajstić information content (AvgIpc) is 2.96. The number of aromatic nitrogens is 1. The van der Waals surface area contributed by atoms with Crippen LogP contribution in [-0.4, -0.2) is 10.9 Å². The molecule has 3 rings (SSSR count). The Bertz CT molecular complexity index is 806. The molecule has 3 aromatic rings. The van der Waals surface area contributed by atoms with Gasteiger partial charge in [-0.1, -0.05) is 6.07 Å². The lowest BCUT2D eigenvalue weighted by Gasteiger charge is -1.98.